The number of carbonyl (C=O) groups excluding carboxylic acids is 1. The van der Waals surface area contributed by atoms with Gasteiger partial charge in [0.2, 0.25) is 0 Å². The largest absolute Gasteiger partial charge is 0.497 e. The highest BCUT2D eigenvalue weighted by atomic mass is 16.7. The van der Waals surface area contributed by atoms with Gasteiger partial charge in [-0.2, -0.15) is 0 Å². The second-order valence-corrected chi connectivity index (χ2v) is 7.44. The molecule has 27 heavy (non-hydrogen) atoms. The number of aliphatic hydroxyl groups excluding tert-OH is 2. The summed E-state index contributed by atoms with van der Waals surface area (Å²) in [5.74, 6) is -2.14. The summed E-state index contributed by atoms with van der Waals surface area (Å²) >= 11 is 0. The van der Waals surface area contributed by atoms with E-state index in [1.807, 2.05) is 24.3 Å². The molecule has 1 fully saturated rings. The van der Waals surface area contributed by atoms with Crippen LogP contribution in [0.4, 0.5) is 0 Å². The summed E-state index contributed by atoms with van der Waals surface area (Å²) in [5.41, 5.74) is 0.819. The van der Waals surface area contributed by atoms with Gasteiger partial charge in [0.25, 0.3) is 0 Å². The Balaban J connectivity index is 2.17. The number of hydrogen-bond donors (Lipinski definition) is 3. The van der Waals surface area contributed by atoms with E-state index < -0.39 is 24.1 Å². The number of benzene rings is 1. The van der Waals surface area contributed by atoms with E-state index in [1.165, 1.54) is 5.06 Å². The van der Waals surface area contributed by atoms with E-state index in [-0.39, 0.29) is 11.5 Å². The van der Waals surface area contributed by atoms with E-state index in [1.54, 1.807) is 7.11 Å². The Morgan fingerprint density at radius 3 is 2.63 bits per heavy atom. The van der Waals surface area contributed by atoms with E-state index in [2.05, 4.69) is 13.8 Å². The van der Waals surface area contributed by atoms with Crippen LogP contribution in [0, 0.1) is 5.41 Å². The molecule has 150 valence electrons. The fourth-order valence-electron chi connectivity index (χ4n) is 3.35. The second-order valence-electron chi connectivity index (χ2n) is 7.44. The van der Waals surface area contributed by atoms with Crippen molar-refractivity contribution in [3.63, 3.8) is 0 Å². The molecule has 0 spiro atoms. The first-order chi connectivity index (χ1) is 12.7. The van der Waals surface area contributed by atoms with Gasteiger partial charge in [-0.3, -0.25) is 0 Å². The molecule has 8 heteroatoms. The minimum absolute atomic E-state index is 0.183. The van der Waals surface area contributed by atoms with Crippen LogP contribution in [0.5, 0.6) is 5.75 Å². The van der Waals surface area contributed by atoms with Crippen molar-refractivity contribution in [1.82, 2.24) is 5.06 Å². The Labute approximate surface area is 158 Å². The Kier molecular flexibility index (Phi) is 6.80. The first kappa shape index (κ1) is 21.1. The predicted molar refractivity (Wildman–Crippen MR) is 95.9 cm³/mol. The van der Waals surface area contributed by atoms with Gasteiger partial charge >= 0.3 is 11.9 Å². The van der Waals surface area contributed by atoms with Crippen LogP contribution in [-0.4, -0.2) is 64.2 Å². The smallest absolute Gasteiger partial charge is 0.357 e. The highest BCUT2D eigenvalue weighted by Gasteiger charge is 2.41. The molecule has 3 unspecified atom stereocenters. The number of carbonyl (C=O) groups is 2. The van der Waals surface area contributed by atoms with Gasteiger partial charge in [0.15, 0.2) is 12.2 Å². The van der Waals surface area contributed by atoms with Gasteiger partial charge in [0, 0.05) is 6.54 Å². The summed E-state index contributed by atoms with van der Waals surface area (Å²) in [7, 11) is 1.59. The van der Waals surface area contributed by atoms with Gasteiger partial charge in [-0.1, -0.05) is 26.0 Å². The molecule has 3 N–H and O–H groups in total. The van der Waals surface area contributed by atoms with Crippen molar-refractivity contribution in [3.05, 3.63) is 29.8 Å². The number of aliphatic carboxylic acids is 1. The Morgan fingerprint density at radius 1 is 1.30 bits per heavy atom. The average Bonchev–Trinajstić information content (AvgIpc) is 2.63. The standard InChI is InChI=1S/C19H27NO7/c1-19(2)8-5-9-20(27-18(25)16(22)15(21)17(23)24)14(19)11-12-6-4-7-13(10-12)26-3/h4,6-7,10,14-16,21-22H,5,8-9,11H2,1-3H3,(H,23,24). The molecule has 0 bridgehead atoms. The van der Waals surface area contributed by atoms with Gasteiger partial charge in [0.1, 0.15) is 5.75 Å². The van der Waals surface area contributed by atoms with Gasteiger partial charge in [0.05, 0.1) is 13.2 Å². The number of hydrogen-bond acceptors (Lipinski definition) is 7. The minimum Gasteiger partial charge on any atom is -0.497 e. The number of aliphatic hydroxyl groups is 2. The lowest BCUT2D eigenvalue weighted by Gasteiger charge is -2.45. The molecule has 0 saturated carbocycles. The Hall–Kier alpha value is -2.16. The molecule has 0 amide bonds. The number of hydroxylamine groups is 2. The topological polar surface area (TPSA) is 117 Å². The number of carboxylic acids is 1. The number of nitrogens with zero attached hydrogens (tertiary/aromatic N) is 1. The zero-order valence-corrected chi connectivity index (χ0v) is 15.8. The molecule has 3 atom stereocenters. The minimum atomic E-state index is -2.23. The molecule has 0 aliphatic carbocycles. The van der Waals surface area contributed by atoms with Crippen LogP contribution in [0.15, 0.2) is 24.3 Å². The normalized spacial score (nSPS) is 21.9. The summed E-state index contributed by atoms with van der Waals surface area (Å²) in [6.07, 6.45) is -2.09. The van der Waals surface area contributed by atoms with Crippen LogP contribution in [0.3, 0.4) is 0 Å². The Bertz CT molecular complexity index is 676. The first-order valence-electron chi connectivity index (χ1n) is 8.86. The second kappa shape index (κ2) is 8.69. The molecule has 2 rings (SSSR count). The van der Waals surface area contributed by atoms with Gasteiger partial charge < -0.3 is 24.9 Å². The maximum atomic E-state index is 12.1. The average molecular weight is 381 g/mol. The number of piperidine rings is 1. The summed E-state index contributed by atoms with van der Waals surface area (Å²) in [4.78, 5) is 28.2. The fraction of sp³-hybridized carbons (Fsp3) is 0.579. The van der Waals surface area contributed by atoms with Crippen molar-refractivity contribution in [3.8, 4) is 5.75 Å². The summed E-state index contributed by atoms with van der Waals surface area (Å²) in [5, 5.41) is 29.3. The van der Waals surface area contributed by atoms with Crippen LogP contribution >= 0.6 is 0 Å². The summed E-state index contributed by atoms with van der Waals surface area (Å²) in [6.45, 7) is 4.60. The Morgan fingerprint density at radius 2 is 2.00 bits per heavy atom. The molecule has 8 nitrogen and oxygen atoms in total. The lowest BCUT2D eigenvalue weighted by Crippen LogP contribution is -2.53. The van der Waals surface area contributed by atoms with Crippen LogP contribution in [0.1, 0.15) is 32.3 Å². The van der Waals surface area contributed by atoms with Crippen molar-refractivity contribution in [1.29, 1.82) is 0 Å². The number of rotatable bonds is 7. The lowest BCUT2D eigenvalue weighted by atomic mass is 9.75. The fourth-order valence-corrected chi connectivity index (χ4v) is 3.35. The van der Waals surface area contributed by atoms with Crippen molar-refractivity contribution >= 4 is 11.9 Å². The molecule has 1 aliphatic heterocycles. The molecule has 0 radical (unpaired) electrons. The van der Waals surface area contributed by atoms with Crippen molar-refractivity contribution < 1.29 is 34.5 Å². The van der Waals surface area contributed by atoms with Crippen molar-refractivity contribution in [2.75, 3.05) is 13.7 Å². The molecule has 0 aromatic heterocycles. The predicted octanol–water partition coefficient (Wildman–Crippen LogP) is 0.993. The zero-order valence-electron chi connectivity index (χ0n) is 15.8. The molecular formula is C19H27NO7. The monoisotopic (exact) mass is 381 g/mol. The van der Waals surface area contributed by atoms with Crippen LogP contribution < -0.4 is 4.74 Å². The lowest BCUT2D eigenvalue weighted by molar-refractivity contribution is -0.234. The number of carboxylic acid groups (broad SMARTS) is 1. The first-order valence-corrected chi connectivity index (χ1v) is 8.86. The van der Waals surface area contributed by atoms with E-state index in [9.17, 15) is 19.8 Å². The molecule has 1 aromatic rings. The molecule has 1 aliphatic rings. The molecule has 1 heterocycles. The zero-order chi connectivity index (χ0) is 20.2. The molecule has 1 saturated heterocycles. The SMILES string of the molecule is COc1cccc(CC2N(OC(=O)C(O)C(O)C(=O)O)CCCC2(C)C)c1. The number of methoxy groups -OCH3 is 1. The van der Waals surface area contributed by atoms with E-state index in [4.69, 9.17) is 14.7 Å². The third-order valence-corrected chi connectivity index (χ3v) is 5.01. The summed E-state index contributed by atoms with van der Waals surface area (Å²) < 4.78 is 5.25. The van der Waals surface area contributed by atoms with Crippen LogP contribution in [0.2, 0.25) is 0 Å². The maximum Gasteiger partial charge on any atom is 0.357 e. The van der Waals surface area contributed by atoms with Gasteiger partial charge in [-0.05, 0) is 42.4 Å². The van der Waals surface area contributed by atoms with E-state index in [0.717, 1.165) is 24.2 Å². The molecular weight excluding hydrogens is 354 g/mol. The van der Waals surface area contributed by atoms with Crippen LogP contribution in [-0.2, 0) is 20.8 Å². The van der Waals surface area contributed by atoms with Gasteiger partial charge in [-0.25, -0.2) is 9.59 Å². The summed E-state index contributed by atoms with van der Waals surface area (Å²) in [6, 6.07) is 7.41. The highest BCUT2D eigenvalue weighted by molar-refractivity contribution is 5.84. The third-order valence-electron chi connectivity index (χ3n) is 5.01. The highest BCUT2D eigenvalue weighted by Crippen LogP contribution is 2.37. The maximum absolute atomic E-state index is 12.1. The van der Waals surface area contributed by atoms with E-state index in [0.29, 0.717) is 13.0 Å². The van der Waals surface area contributed by atoms with Crippen LogP contribution in [0.25, 0.3) is 0 Å². The van der Waals surface area contributed by atoms with Gasteiger partial charge in [-0.15, -0.1) is 5.06 Å². The quantitative estimate of drug-likeness (QED) is 0.640. The molecule has 1 aromatic carbocycles. The third kappa shape index (κ3) is 5.18. The number of ether oxygens (including phenoxy) is 1. The van der Waals surface area contributed by atoms with Crippen molar-refractivity contribution in [2.24, 2.45) is 5.41 Å². The van der Waals surface area contributed by atoms with E-state index >= 15 is 0 Å². The van der Waals surface area contributed by atoms with Crippen molar-refractivity contribution in [2.45, 2.75) is 51.4 Å².